The number of aromatic nitrogens is 2. The lowest BCUT2D eigenvalue weighted by atomic mass is 10.2. The van der Waals surface area contributed by atoms with Crippen molar-refractivity contribution in [2.24, 2.45) is 0 Å². The van der Waals surface area contributed by atoms with Gasteiger partial charge in [0, 0.05) is 11.1 Å². The summed E-state index contributed by atoms with van der Waals surface area (Å²) >= 11 is 0. The number of aryl methyl sites for hydroxylation is 1. The molecule has 2 aromatic heterocycles. The van der Waals surface area contributed by atoms with Crippen molar-refractivity contribution in [3.8, 4) is 5.69 Å². The topological polar surface area (TPSA) is 86.2 Å². The van der Waals surface area contributed by atoms with Crippen molar-refractivity contribution in [2.45, 2.75) is 13.5 Å². The first-order valence-corrected chi connectivity index (χ1v) is 10.1. The number of rotatable bonds is 4. The number of benzene rings is 3. The van der Waals surface area contributed by atoms with Crippen molar-refractivity contribution in [1.82, 2.24) is 9.13 Å². The highest BCUT2D eigenvalue weighted by Gasteiger charge is 2.22. The van der Waals surface area contributed by atoms with Crippen molar-refractivity contribution >= 4 is 33.7 Å². The zero-order valence-electron chi connectivity index (χ0n) is 17.2. The number of nitrogens with zero attached hydrogens (tertiary/aromatic N) is 2. The van der Waals surface area contributed by atoms with Gasteiger partial charge in [-0.05, 0) is 42.8 Å². The van der Waals surface area contributed by atoms with E-state index in [9.17, 15) is 14.4 Å². The number of hydrogen-bond acceptors (Lipinski definition) is 4. The van der Waals surface area contributed by atoms with Gasteiger partial charge in [-0.15, -0.1) is 0 Å². The number of carbonyl (C=O) groups is 1. The normalized spacial score (nSPS) is 11.2. The minimum atomic E-state index is -0.611. The monoisotopic (exact) mass is 425 g/mol. The number of fused-ring (bicyclic) bond motifs is 3. The van der Waals surface area contributed by atoms with E-state index >= 15 is 0 Å². The summed E-state index contributed by atoms with van der Waals surface area (Å²) in [4.78, 5) is 39.7. The molecule has 5 rings (SSSR count). The smallest absolute Gasteiger partial charge is 0.336 e. The Bertz CT molecular complexity index is 1590. The highest BCUT2D eigenvalue weighted by Crippen LogP contribution is 2.26. The van der Waals surface area contributed by atoms with E-state index in [1.54, 1.807) is 60.7 Å². The summed E-state index contributed by atoms with van der Waals surface area (Å²) in [5.41, 5.74) is 1.59. The Hall–Kier alpha value is -4.39. The van der Waals surface area contributed by atoms with E-state index in [-0.39, 0.29) is 18.0 Å². The van der Waals surface area contributed by atoms with Gasteiger partial charge in [0.05, 0.1) is 5.69 Å². The molecule has 5 aromatic rings. The lowest BCUT2D eigenvalue weighted by Gasteiger charge is -2.13. The van der Waals surface area contributed by atoms with E-state index < -0.39 is 11.2 Å². The molecule has 7 heteroatoms. The molecule has 0 aliphatic rings. The third-order valence-electron chi connectivity index (χ3n) is 5.39. The molecular formula is C25H19N3O4. The molecule has 0 aliphatic heterocycles. The average molecular weight is 425 g/mol. The van der Waals surface area contributed by atoms with Crippen LogP contribution in [0.25, 0.3) is 27.8 Å². The van der Waals surface area contributed by atoms with E-state index in [1.807, 2.05) is 25.1 Å². The zero-order chi connectivity index (χ0) is 22.2. The summed E-state index contributed by atoms with van der Waals surface area (Å²) in [6, 6.07) is 23.1. The second-order valence-electron chi connectivity index (χ2n) is 7.48. The molecule has 0 saturated carbocycles. The maximum absolute atomic E-state index is 13.5. The molecule has 158 valence electrons. The van der Waals surface area contributed by atoms with Gasteiger partial charge in [-0.25, -0.2) is 9.36 Å². The van der Waals surface area contributed by atoms with E-state index in [0.717, 1.165) is 10.1 Å². The van der Waals surface area contributed by atoms with Crippen molar-refractivity contribution in [3.05, 3.63) is 105 Å². The van der Waals surface area contributed by atoms with E-state index in [1.165, 1.54) is 4.57 Å². The molecular weight excluding hydrogens is 406 g/mol. The van der Waals surface area contributed by atoms with Gasteiger partial charge in [-0.2, -0.15) is 0 Å². The lowest BCUT2D eigenvalue weighted by Crippen LogP contribution is -2.40. The molecule has 0 aliphatic carbocycles. The number of amides is 1. The minimum Gasteiger partial charge on any atom is -0.449 e. The molecule has 0 fully saturated rings. The van der Waals surface area contributed by atoms with Crippen LogP contribution >= 0.6 is 0 Å². The van der Waals surface area contributed by atoms with Crippen LogP contribution in [0.3, 0.4) is 0 Å². The molecule has 0 saturated heterocycles. The molecule has 2 heterocycles. The zero-order valence-corrected chi connectivity index (χ0v) is 17.2. The number of nitrogens with one attached hydrogen (secondary N) is 1. The Balaban J connectivity index is 1.73. The molecule has 0 spiro atoms. The number of hydrogen-bond donors (Lipinski definition) is 1. The third-order valence-corrected chi connectivity index (χ3v) is 5.39. The van der Waals surface area contributed by atoms with Crippen LogP contribution in [-0.4, -0.2) is 15.0 Å². The summed E-state index contributed by atoms with van der Waals surface area (Å²) in [6.45, 7) is 1.61. The second kappa shape index (κ2) is 7.70. The van der Waals surface area contributed by atoms with Gasteiger partial charge in [-0.1, -0.05) is 48.5 Å². The Morgan fingerprint density at radius 2 is 1.59 bits per heavy atom. The van der Waals surface area contributed by atoms with Gasteiger partial charge in [0.2, 0.25) is 11.5 Å². The van der Waals surface area contributed by atoms with Crippen molar-refractivity contribution in [2.75, 3.05) is 5.32 Å². The highest BCUT2D eigenvalue weighted by molar-refractivity contribution is 6.03. The Morgan fingerprint density at radius 1 is 0.906 bits per heavy atom. The first-order chi connectivity index (χ1) is 15.5. The minimum absolute atomic E-state index is 0.0262. The number of furan rings is 1. The Kier molecular flexibility index (Phi) is 4.71. The Labute approximate surface area is 182 Å². The molecule has 3 aromatic carbocycles. The van der Waals surface area contributed by atoms with E-state index in [2.05, 4.69) is 5.32 Å². The fraction of sp³-hybridized carbons (Fsp3) is 0.0800. The van der Waals surface area contributed by atoms with Crippen molar-refractivity contribution in [1.29, 1.82) is 0 Å². The predicted molar refractivity (Wildman–Crippen MR) is 123 cm³/mol. The maximum atomic E-state index is 13.5. The quantitative estimate of drug-likeness (QED) is 0.474. The third kappa shape index (κ3) is 3.20. The molecule has 0 atom stereocenters. The average Bonchev–Trinajstić information content (AvgIpc) is 3.19. The second-order valence-corrected chi connectivity index (χ2v) is 7.48. The summed E-state index contributed by atoms with van der Waals surface area (Å²) in [5, 5.41) is 3.45. The molecule has 1 amide bonds. The van der Waals surface area contributed by atoms with Crippen LogP contribution in [0.15, 0.2) is 92.9 Å². The predicted octanol–water partition coefficient (Wildman–Crippen LogP) is 3.85. The molecule has 7 nitrogen and oxygen atoms in total. The largest absolute Gasteiger partial charge is 0.449 e. The number of para-hydroxylation sites is 3. The SMILES string of the molecule is Cc1ccccc1NC(=O)Cn1c(=O)n(-c2ccccc2)c(=O)c2oc3ccccc3c21. The molecule has 0 radical (unpaired) electrons. The molecule has 1 N–H and O–H groups in total. The fourth-order valence-electron chi connectivity index (χ4n) is 3.85. The van der Waals surface area contributed by atoms with Crippen LogP contribution in [0.4, 0.5) is 5.69 Å². The molecule has 32 heavy (non-hydrogen) atoms. The summed E-state index contributed by atoms with van der Waals surface area (Å²) in [5.74, 6) is -0.383. The van der Waals surface area contributed by atoms with Crippen LogP contribution in [0.1, 0.15) is 5.56 Å². The molecule has 0 unspecified atom stereocenters. The fourth-order valence-corrected chi connectivity index (χ4v) is 3.85. The summed E-state index contributed by atoms with van der Waals surface area (Å²) in [6.07, 6.45) is 0. The van der Waals surface area contributed by atoms with Gasteiger partial charge in [-0.3, -0.25) is 14.2 Å². The van der Waals surface area contributed by atoms with Gasteiger partial charge in [0.15, 0.2) is 0 Å². The van der Waals surface area contributed by atoms with Crippen LogP contribution in [0, 0.1) is 6.92 Å². The first kappa shape index (κ1) is 19.6. The van der Waals surface area contributed by atoms with Crippen molar-refractivity contribution in [3.63, 3.8) is 0 Å². The van der Waals surface area contributed by atoms with E-state index in [0.29, 0.717) is 27.9 Å². The van der Waals surface area contributed by atoms with Gasteiger partial charge < -0.3 is 9.73 Å². The maximum Gasteiger partial charge on any atom is 0.336 e. The summed E-state index contributed by atoms with van der Waals surface area (Å²) < 4.78 is 8.16. The van der Waals surface area contributed by atoms with Gasteiger partial charge >= 0.3 is 11.2 Å². The van der Waals surface area contributed by atoms with Crippen LogP contribution < -0.4 is 16.6 Å². The Morgan fingerprint density at radius 3 is 2.38 bits per heavy atom. The highest BCUT2D eigenvalue weighted by atomic mass is 16.3. The van der Waals surface area contributed by atoms with Crippen molar-refractivity contribution < 1.29 is 9.21 Å². The summed E-state index contributed by atoms with van der Waals surface area (Å²) in [7, 11) is 0. The number of carbonyl (C=O) groups excluding carboxylic acids is 1. The van der Waals surface area contributed by atoms with Crippen LogP contribution in [0.5, 0.6) is 0 Å². The van der Waals surface area contributed by atoms with E-state index in [4.69, 9.17) is 4.42 Å². The number of anilines is 1. The van der Waals surface area contributed by atoms with Crippen LogP contribution in [0.2, 0.25) is 0 Å². The lowest BCUT2D eigenvalue weighted by molar-refractivity contribution is -0.116. The van der Waals surface area contributed by atoms with Gasteiger partial charge in [0.25, 0.3) is 0 Å². The first-order valence-electron chi connectivity index (χ1n) is 10.1. The standard InChI is InChI=1S/C25H19N3O4/c1-16-9-5-7-13-19(16)26-21(29)15-27-22-18-12-6-8-14-20(18)32-23(22)24(30)28(25(27)31)17-10-3-2-4-11-17/h2-14H,15H2,1H3,(H,26,29). The van der Waals surface area contributed by atoms with Gasteiger partial charge in [0.1, 0.15) is 17.6 Å². The molecule has 0 bridgehead atoms. The van der Waals surface area contributed by atoms with Crippen LogP contribution in [-0.2, 0) is 11.3 Å².